The Balaban J connectivity index is 1.33. The maximum Gasteiger partial charge on any atom is 0.407 e. The second-order valence-corrected chi connectivity index (χ2v) is 10.0. The van der Waals surface area contributed by atoms with Gasteiger partial charge in [-0.25, -0.2) is 9.78 Å². The first-order chi connectivity index (χ1) is 18.1. The van der Waals surface area contributed by atoms with Crippen LogP contribution in [0.5, 0.6) is 0 Å². The largest absolute Gasteiger partial charge is 0.465 e. The minimum absolute atomic E-state index is 0.00372. The van der Waals surface area contributed by atoms with Gasteiger partial charge < -0.3 is 26.4 Å². The number of aryl methyl sites for hydroxylation is 1. The van der Waals surface area contributed by atoms with Crippen molar-refractivity contribution < 1.29 is 24.3 Å². The van der Waals surface area contributed by atoms with Gasteiger partial charge in [0.25, 0.3) is 5.91 Å². The van der Waals surface area contributed by atoms with Gasteiger partial charge in [-0.15, -0.1) is 0 Å². The zero-order valence-corrected chi connectivity index (χ0v) is 21.6. The van der Waals surface area contributed by atoms with E-state index in [0.29, 0.717) is 29.9 Å². The van der Waals surface area contributed by atoms with Gasteiger partial charge in [-0.2, -0.15) is 0 Å². The molecule has 2 fully saturated rings. The number of rotatable bonds is 8. The lowest BCUT2D eigenvalue weighted by molar-refractivity contribution is -0.130. The molecule has 1 aromatic heterocycles. The zero-order valence-electron chi connectivity index (χ0n) is 21.6. The summed E-state index contributed by atoms with van der Waals surface area (Å²) in [7, 11) is 0. The molecule has 38 heavy (non-hydrogen) atoms. The molecular weight excluding hydrogens is 488 g/mol. The molecule has 1 aromatic carbocycles. The molecule has 3 atom stereocenters. The molecule has 0 aliphatic carbocycles. The number of nitrogen functional groups attached to an aromatic ring is 1. The summed E-state index contributed by atoms with van der Waals surface area (Å²) >= 11 is 0. The van der Waals surface area contributed by atoms with Crippen molar-refractivity contribution in [1.82, 2.24) is 25.4 Å². The highest BCUT2D eigenvalue weighted by Crippen LogP contribution is 2.27. The molecule has 0 spiro atoms. The molecule has 2 aliphatic heterocycles. The van der Waals surface area contributed by atoms with Crippen LogP contribution in [0.15, 0.2) is 36.4 Å². The standard InChI is InChI=1S/C27H34N6O5/c1-16-21(7-8-23(28)30-16)14-29-24(34)17(2)31-25(35)22-13-19(15-33(22)27(37)38)11-18-5-3-6-20(12-18)26(36)32-9-4-10-32/h3,5-8,12,17,19,22H,4,9-11,13-15H2,1-2H3,(H2,28,30)(H,29,34)(H,31,35)(H,37,38)/t17?,19-,22+/m0/s1. The lowest BCUT2D eigenvalue weighted by atomic mass is 9.95. The summed E-state index contributed by atoms with van der Waals surface area (Å²) in [5, 5.41) is 15.2. The van der Waals surface area contributed by atoms with Crippen LogP contribution in [-0.2, 0) is 22.6 Å². The van der Waals surface area contributed by atoms with Crippen molar-refractivity contribution >= 4 is 29.6 Å². The van der Waals surface area contributed by atoms with Crippen molar-refractivity contribution in [3.8, 4) is 0 Å². The van der Waals surface area contributed by atoms with Crippen molar-refractivity contribution in [2.45, 2.75) is 51.7 Å². The van der Waals surface area contributed by atoms with Crippen molar-refractivity contribution in [1.29, 1.82) is 0 Å². The average Bonchev–Trinajstić information content (AvgIpc) is 3.26. The first-order valence-electron chi connectivity index (χ1n) is 12.8. The SMILES string of the molecule is Cc1nc(N)ccc1CNC(=O)C(C)NC(=O)[C@H]1C[C@H](Cc2cccc(C(=O)N3CCC3)c2)CN1C(=O)O. The Bertz CT molecular complexity index is 1230. The van der Waals surface area contributed by atoms with E-state index in [0.717, 1.165) is 35.5 Å². The molecule has 4 amide bonds. The van der Waals surface area contributed by atoms with Crippen LogP contribution < -0.4 is 16.4 Å². The minimum Gasteiger partial charge on any atom is -0.465 e. The summed E-state index contributed by atoms with van der Waals surface area (Å²) in [6, 6.07) is 9.05. The van der Waals surface area contributed by atoms with Gasteiger partial charge in [0.05, 0.1) is 0 Å². The van der Waals surface area contributed by atoms with E-state index in [2.05, 4.69) is 15.6 Å². The number of pyridine rings is 1. The summed E-state index contributed by atoms with van der Waals surface area (Å²) in [6.45, 7) is 5.31. The van der Waals surface area contributed by atoms with Crippen LogP contribution in [-0.4, -0.2) is 75.4 Å². The van der Waals surface area contributed by atoms with Crippen molar-refractivity contribution in [3.05, 3.63) is 58.8 Å². The number of anilines is 1. The Morgan fingerprint density at radius 2 is 1.95 bits per heavy atom. The monoisotopic (exact) mass is 522 g/mol. The van der Waals surface area contributed by atoms with Gasteiger partial charge in [-0.05, 0) is 68.4 Å². The van der Waals surface area contributed by atoms with E-state index in [4.69, 9.17) is 5.73 Å². The number of benzene rings is 1. The number of nitrogens with one attached hydrogen (secondary N) is 2. The fraction of sp³-hybridized carbons (Fsp3) is 0.444. The van der Waals surface area contributed by atoms with Crippen LogP contribution in [0.4, 0.5) is 10.6 Å². The molecule has 202 valence electrons. The number of hydrogen-bond donors (Lipinski definition) is 4. The molecule has 11 nitrogen and oxygen atoms in total. The van der Waals surface area contributed by atoms with Crippen LogP contribution in [0, 0.1) is 12.8 Å². The van der Waals surface area contributed by atoms with Gasteiger partial charge in [0, 0.05) is 37.4 Å². The molecule has 5 N–H and O–H groups in total. The van der Waals surface area contributed by atoms with E-state index in [1.807, 2.05) is 18.2 Å². The molecule has 2 saturated heterocycles. The Kier molecular flexibility index (Phi) is 8.13. The normalized spacial score (nSPS) is 19.4. The highest BCUT2D eigenvalue weighted by molar-refractivity contribution is 5.95. The molecule has 0 radical (unpaired) electrons. The molecule has 11 heteroatoms. The second kappa shape index (κ2) is 11.5. The van der Waals surface area contributed by atoms with E-state index < -0.39 is 30.0 Å². The topological polar surface area (TPSA) is 158 Å². The maximum atomic E-state index is 13.0. The van der Waals surface area contributed by atoms with Crippen molar-refractivity contribution in [3.63, 3.8) is 0 Å². The molecule has 1 unspecified atom stereocenters. The Morgan fingerprint density at radius 1 is 1.18 bits per heavy atom. The van der Waals surface area contributed by atoms with Gasteiger partial charge >= 0.3 is 6.09 Å². The van der Waals surface area contributed by atoms with E-state index in [1.54, 1.807) is 36.9 Å². The summed E-state index contributed by atoms with van der Waals surface area (Å²) in [4.78, 5) is 57.2. The fourth-order valence-electron chi connectivity index (χ4n) is 4.90. The van der Waals surface area contributed by atoms with E-state index >= 15 is 0 Å². The molecule has 2 aromatic rings. The number of likely N-dealkylation sites (tertiary alicyclic amines) is 2. The molecule has 0 saturated carbocycles. The van der Waals surface area contributed by atoms with Gasteiger partial charge in [0.15, 0.2) is 0 Å². The number of nitrogens with two attached hydrogens (primary N) is 1. The number of carbonyl (C=O) groups excluding carboxylic acids is 3. The van der Waals surface area contributed by atoms with Crippen LogP contribution in [0.25, 0.3) is 0 Å². The smallest absolute Gasteiger partial charge is 0.407 e. The number of amides is 4. The van der Waals surface area contributed by atoms with Crippen LogP contribution in [0.2, 0.25) is 0 Å². The van der Waals surface area contributed by atoms with Gasteiger partial charge in [-0.3, -0.25) is 19.3 Å². The lowest BCUT2D eigenvalue weighted by Gasteiger charge is -2.31. The molecule has 3 heterocycles. The minimum atomic E-state index is -1.18. The third-order valence-electron chi connectivity index (χ3n) is 7.20. The van der Waals surface area contributed by atoms with E-state index in [1.165, 1.54) is 0 Å². The quantitative estimate of drug-likeness (QED) is 0.409. The van der Waals surface area contributed by atoms with Gasteiger partial charge in [0.2, 0.25) is 11.8 Å². The Morgan fingerprint density at radius 3 is 2.61 bits per heavy atom. The second-order valence-electron chi connectivity index (χ2n) is 10.0. The van der Waals surface area contributed by atoms with Gasteiger partial charge in [-0.1, -0.05) is 18.2 Å². The third kappa shape index (κ3) is 6.21. The molecule has 4 rings (SSSR count). The summed E-state index contributed by atoms with van der Waals surface area (Å²) in [5.41, 5.74) is 8.71. The van der Waals surface area contributed by atoms with Crippen LogP contribution in [0.3, 0.4) is 0 Å². The molecule has 2 aliphatic rings. The Hall–Kier alpha value is -4.15. The molecule has 0 bridgehead atoms. The number of carboxylic acid groups (broad SMARTS) is 1. The fourth-order valence-corrected chi connectivity index (χ4v) is 4.90. The molecular formula is C27H34N6O5. The highest BCUT2D eigenvalue weighted by Gasteiger charge is 2.40. The van der Waals surface area contributed by atoms with Gasteiger partial charge in [0.1, 0.15) is 17.9 Å². The first-order valence-corrected chi connectivity index (χ1v) is 12.8. The lowest BCUT2D eigenvalue weighted by Crippen LogP contribution is -2.51. The Labute approximate surface area is 221 Å². The zero-order chi connectivity index (χ0) is 27.4. The number of carbonyl (C=O) groups is 4. The van der Waals surface area contributed by atoms with Crippen molar-refractivity contribution in [2.75, 3.05) is 25.4 Å². The summed E-state index contributed by atoms with van der Waals surface area (Å²) < 4.78 is 0. The maximum absolute atomic E-state index is 13.0. The number of hydrogen-bond acceptors (Lipinski definition) is 6. The first kappa shape index (κ1) is 26.9. The predicted molar refractivity (Wildman–Crippen MR) is 140 cm³/mol. The summed E-state index contributed by atoms with van der Waals surface area (Å²) in [6.07, 6.45) is 0.701. The predicted octanol–water partition coefficient (Wildman–Crippen LogP) is 1.55. The van der Waals surface area contributed by atoms with Crippen LogP contribution in [0.1, 0.15) is 46.9 Å². The number of aromatic nitrogens is 1. The highest BCUT2D eigenvalue weighted by atomic mass is 16.4. The van der Waals surface area contributed by atoms with Crippen LogP contribution >= 0.6 is 0 Å². The number of nitrogens with zero attached hydrogens (tertiary/aromatic N) is 3. The van der Waals surface area contributed by atoms with E-state index in [9.17, 15) is 24.3 Å². The third-order valence-corrected chi connectivity index (χ3v) is 7.20. The van der Waals surface area contributed by atoms with Crippen molar-refractivity contribution in [2.24, 2.45) is 5.92 Å². The average molecular weight is 523 g/mol. The van der Waals surface area contributed by atoms with E-state index in [-0.39, 0.29) is 24.9 Å². The summed E-state index contributed by atoms with van der Waals surface area (Å²) in [5.74, 6) is -0.603.